The molecular weight excluding hydrogens is 278 g/mol. The van der Waals surface area contributed by atoms with Gasteiger partial charge < -0.3 is 10.1 Å². The first-order valence-electron chi connectivity index (χ1n) is 8.08. The van der Waals surface area contributed by atoms with Crippen LogP contribution in [0.1, 0.15) is 42.5 Å². The van der Waals surface area contributed by atoms with E-state index in [2.05, 4.69) is 27.8 Å². The smallest absolute Gasteiger partial charge is 0.148 e. The Morgan fingerprint density at radius 1 is 1.32 bits per heavy atom. The summed E-state index contributed by atoms with van der Waals surface area (Å²) in [6, 6.07) is 2.20. The van der Waals surface area contributed by atoms with Crippen molar-refractivity contribution in [3.05, 3.63) is 29.7 Å². The van der Waals surface area contributed by atoms with Gasteiger partial charge >= 0.3 is 0 Å². The molecule has 1 N–H and O–H groups in total. The largest absolute Gasteiger partial charge is 0.373 e. The molecule has 0 bridgehead atoms. The number of hydrogen-bond acceptors (Lipinski definition) is 4. The Kier molecular flexibility index (Phi) is 3.41. The van der Waals surface area contributed by atoms with Gasteiger partial charge in [-0.2, -0.15) is 10.2 Å². The molecule has 6 heteroatoms. The average Bonchev–Trinajstić information content (AvgIpc) is 2.91. The summed E-state index contributed by atoms with van der Waals surface area (Å²) in [5, 5.41) is 12.3. The highest BCUT2D eigenvalue weighted by Gasteiger charge is 2.31. The number of aromatic nitrogens is 4. The van der Waals surface area contributed by atoms with E-state index in [0.717, 1.165) is 31.3 Å². The van der Waals surface area contributed by atoms with Crippen LogP contribution in [0.25, 0.3) is 0 Å². The molecular formula is C16H23N5O. The maximum absolute atomic E-state index is 5.91. The Balaban J connectivity index is 1.41. The second-order valence-electron chi connectivity index (χ2n) is 6.52. The van der Waals surface area contributed by atoms with E-state index in [1.54, 1.807) is 0 Å². The van der Waals surface area contributed by atoms with Crippen molar-refractivity contribution in [2.24, 2.45) is 20.0 Å². The Hall–Kier alpha value is -1.82. The second-order valence-corrected chi connectivity index (χ2v) is 6.52. The fourth-order valence-electron chi connectivity index (χ4n) is 3.36. The van der Waals surface area contributed by atoms with Crippen LogP contribution in [-0.4, -0.2) is 32.7 Å². The first kappa shape index (κ1) is 13.8. The molecule has 2 aromatic heterocycles. The standard InChI is InChI=1S/C16H23N5O/c1-20-10-13(9-18-20)16-12(5-6-22-16)8-17-15-7-14(11-3-4-11)21(2)19-15/h7,9-12,16H,3-6,8H2,1-2H3,(H,17,19)/t12-,16+/m1/s1. The van der Waals surface area contributed by atoms with Gasteiger partial charge in [-0.25, -0.2) is 0 Å². The third-order valence-electron chi connectivity index (χ3n) is 4.72. The molecule has 0 aromatic carbocycles. The van der Waals surface area contributed by atoms with Crippen molar-refractivity contribution < 1.29 is 4.74 Å². The zero-order valence-electron chi connectivity index (χ0n) is 13.2. The van der Waals surface area contributed by atoms with Crippen LogP contribution in [0.3, 0.4) is 0 Å². The van der Waals surface area contributed by atoms with Gasteiger partial charge in [0.05, 0.1) is 12.3 Å². The minimum atomic E-state index is 0.146. The highest BCUT2D eigenvalue weighted by atomic mass is 16.5. The normalized spacial score (nSPS) is 24.8. The molecule has 0 radical (unpaired) electrons. The Morgan fingerprint density at radius 2 is 2.18 bits per heavy atom. The van der Waals surface area contributed by atoms with E-state index >= 15 is 0 Å². The predicted molar refractivity (Wildman–Crippen MR) is 83.7 cm³/mol. The lowest BCUT2D eigenvalue weighted by molar-refractivity contribution is 0.0932. The van der Waals surface area contributed by atoms with Crippen LogP contribution >= 0.6 is 0 Å². The average molecular weight is 301 g/mol. The molecule has 1 aliphatic carbocycles. The quantitative estimate of drug-likeness (QED) is 0.920. The molecule has 3 heterocycles. The summed E-state index contributed by atoms with van der Waals surface area (Å²) in [7, 11) is 3.98. The molecule has 118 valence electrons. The molecule has 2 atom stereocenters. The van der Waals surface area contributed by atoms with Gasteiger partial charge in [-0.1, -0.05) is 0 Å². The summed E-state index contributed by atoms with van der Waals surface area (Å²) in [4.78, 5) is 0. The van der Waals surface area contributed by atoms with Crippen LogP contribution in [0.2, 0.25) is 0 Å². The third kappa shape index (κ3) is 2.63. The summed E-state index contributed by atoms with van der Waals surface area (Å²) < 4.78 is 9.76. The van der Waals surface area contributed by atoms with Gasteiger partial charge in [-0.05, 0) is 19.3 Å². The summed E-state index contributed by atoms with van der Waals surface area (Å²) in [5.74, 6) is 2.18. The molecule has 0 spiro atoms. The second kappa shape index (κ2) is 5.43. The molecule has 22 heavy (non-hydrogen) atoms. The molecule has 6 nitrogen and oxygen atoms in total. The Labute approximate surface area is 130 Å². The summed E-state index contributed by atoms with van der Waals surface area (Å²) in [5.41, 5.74) is 2.53. The highest BCUT2D eigenvalue weighted by Crippen LogP contribution is 2.40. The number of nitrogens with one attached hydrogen (secondary N) is 1. The monoisotopic (exact) mass is 301 g/mol. The SMILES string of the molecule is Cn1cc([C@H]2OCC[C@@H]2CNc2cc(C3CC3)n(C)n2)cn1. The van der Waals surface area contributed by atoms with E-state index in [-0.39, 0.29) is 6.10 Å². The molecule has 2 fully saturated rings. The Bertz CT molecular complexity index is 657. The number of aryl methyl sites for hydroxylation is 2. The molecule has 1 aliphatic heterocycles. The van der Waals surface area contributed by atoms with Crippen LogP contribution in [0, 0.1) is 5.92 Å². The lowest BCUT2D eigenvalue weighted by Gasteiger charge is -2.17. The maximum atomic E-state index is 5.91. The molecule has 1 saturated carbocycles. The van der Waals surface area contributed by atoms with E-state index in [1.165, 1.54) is 24.1 Å². The molecule has 1 saturated heterocycles. The number of nitrogens with zero attached hydrogens (tertiary/aromatic N) is 4. The topological polar surface area (TPSA) is 56.9 Å². The van der Waals surface area contributed by atoms with Crippen molar-refractivity contribution in [1.82, 2.24) is 19.6 Å². The molecule has 4 rings (SSSR count). The predicted octanol–water partition coefficient (Wildman–Crippen LogP) is 2.22. The number of anilines is 1. The van der Waals surface area contributed by atoms with Crippen molar-refractivity contribution in [2.75, 3.05) is 18.5 Å². The van der Waals surface area contributed by atoms with Crippen LogP contribution in [0.5, 0.6) is 0 Å². The van der Waals surface area contributed by atoms with Gasteiger partial charge in [-0.15, -0.1) is 0 Å². The molecule has 2 aliphatic rings. The zero-order valence-corrected chi connectivity index (χ0v) is 13.2. The lowest BCUT2D eigenvalue weighted by atomic mass is 9.97. The highest BCUT2D eigenvalue weighted by molar-refractivity contribution is 5.38. The maximum Gasteiger partial charge on any atom is 0.148 e. The number of hydrogen-bond donors (Lipinski definition) is 1. The van der Waals surface area contributed by atoms with E-state index in [4.69, 9.17) is 4.74 Å². The Morgan fingerprint density at radius 3 is 2.91 bits per heavy atom. The van der Waals surface area contributed by atoms with Crippen molar-refractivity contribution in [3.63, 3.8) is 0 Å². The van der Waals surface area contributed by atoms with Gasteiger partial charge in [0.25, 0.3) is 0 Å². The van der Waals surface area contributed by atoms with E-state index in [1.807, 2.05) is 29.7 Å². The summed E-state index contributed by atoms with van der Waals surface area (Å²) in [6.45, 7) is 1.71. The minimum Gasteiger partial charge on any atom is -0.373 e. The van der Waals surface area contributed by atoms with E-state index in [9.17, 15) is 0 Å². The van der Waals surface area contributed by atoms with Crippen LogP contribution in [0.15, 0.2) is 18.5 Å². The first-order chi connectivity index (χ1) is 10.7. The van der Waals surface area contributed by atoms with Crippen LogP contribution in [-0.2, 0) is 18.8 Å². The van der Waals surface area contributed by atoms with Crippen LogP contribution in [0.4, 0.5) is 5.82 Å². The fraction of sp³-hybridized carbons (Fsp3) is 0.625. The van der Waals surface area contributed by atoms with E-state index < -0.39 is 0 Å². The van der Waals surface area contributed by atoms with Gasteiger partial charge in [0.1, 0.15) is 5.82 Å². The van der Waals surface area contributed by atoms with Crippen molar-refractivity contribution >= 4 is 5.82 Å². The van der Waals surface area contributed by atoms with Crippen molar-refractivity contribution in [3.8, 4) is 0 Å². The molecule has 2 aromatic rings. The summed E-state index contributed by atoms with van der Waals surface area (Å²) >= 11 is 0. The van der Waals surface area contributed by atoms with E-state index in [0.29, 0.717) is 5.92 Å². The van der Waals surface area contributed by atoms with Gasteiger partial charge in [-0.3, -0.25) is 9.36 Å². The van der Waals surface area contributed by atoms with Crippen LogP contribution < -0.4 is 5.32 Å². The van der Waals surface area contributed by atoms with Gasteiger partial charge in [0.15, 0.2) is 0 Å². The number of rotatable bonds is 5. The fourth-order valence-corrected chi connectivity index (χ4v) is 3.36. The zero-order chi connectivity index (χ0) is 15.1. The van der Waals surface area contributed by atoms with Gasteiger partial charge in [0.2, 0.25) is 0 Å². The number of ether oxygens (including phenoxy) is 1. The van der Waals surface area contributed by atoms with Gasteiger partial charge in [0, 0.05) is 62.6 Å². The summed E-state index contributed by atoms with van der Waals surface area (Å²) in [6.07, 6.45) is 7.79. The van der Waals surface area contributed by atoms with Crippen molar-refractivity contribution in [1.29, 1.82) is 0 Å². The molecule has 0 unspecified atom stereocenters. The molecule has 0 amide bonds. The third-order valence-corrected chi connectivity index (χ3v) is 4.72. The minimum absolute atomic E-state index is 0.146. The lowest BCUT2D eigenvalue weighted by Crippen LogP contribution is -2.18. The first-order valence-corrected chi connectivity index (χ1v) is 8.08. The van der Waals surface area contributed by atoms with Crippen molar-refractivity contribution in [2.45, 2.75) is 31.3 Å².